The average molecular weight is 416 g/mol. The van der Waals surface area contributed by atoms with Crippen LogP contribution in [0.4, 0.5) is 10.2 Å². The molecule has 0 saturated carbocycles. The van der Waals surface area contributed by atoms with Crippen molar-refractivity contribution in [1.82, 2.24) is 24.8 Å². The summed E-state index contributed by atoms with van der Waals surface area (Å²) in [5.74, 6) is -0.0662. The summed E-state index contributed by atoms with van der Waals surface area (Å²) in [6.45, 7) is 1.94. The Balaban J connectivity index is 1.53. The number of hydrogen-bond donors (Lipinski definition) is 2. The third kappa shape index (κ3) is 3.25. The van der Waals surface area contributed by atoms with Gasteiger partial charge in [0.2, 0.25) is 0 Å². The van der Waals surface area contributed by atoms with Crippen molar-refractivity contribution >= 4 is 28.3 Å². The highest BCUT2D eigenvalue weighted by Crippen LogP contribution is 2.31. The number of aromatic amines is 1. The Labute approximate surface area is 175 Å². The van der Waals surface area contributed by atoms with Gasteiger partial charge in [-0.2, -0.15) is 10.2 Å². The Kier molecular flexibility index (Phi) is 4.36. The number of hydrogen-bond acceptors (Lipinski definition) is 5. The molecule has 0 radical (unpaired) electrons. The number of nitrogens with one attached hydrogen (secondary N) is 2. The summed E-state index contributed by atoms with van der Waals surface area (Å²) >= 11 is 0. The fourth-order valence-electron chi connectivity index (χ4n) is 3.36. The molecule has 0 aliphatic heterocycles. The molecule has 154 valence electrons. The Bertz CT molecular complexity index is 1440. The molecule has 2 N–H and O–H groups in total. The molecule has 0 saturated heterocycles. The molecule has 0 aliphatic carbocycles. The maximum Gasteiger partial charge on any atom is 0.256 e. The topological polar surface area (TPSA) is 97.2 Å². The van der Waals surface area contributed by atoms with Gasteiger partial charge in [0, 0.05) is 23.4 Å². The van der Waals surface area contributed by atoms with Crippen LogP contribution in [-0.2, 0) is 0 Å². The quantitative estimate of drug-likeness (QED) is 0.462. The molecule has 9 heteroatoms. The number of carbonyl (C=O) groups excluding carboxylic acids is 1. The van der Waals surface area contributed by atoms with E-state index in [1.165, 1.54) is 6.07 Å². The Morgan fingerprint density at radius 1 is 1.19 bits per heavy atom. The van der Waals surface area contributed by atoms with E-state index >= 15 is 4.39 Å². The normalized spacial score (nSPS) is 11.2. The van der Waals surface area contributed by atoms with E-state index < -0.39 is 5.82 Å². The molecule has 4 aromatic heterocycles. The number of H-pyrrole nitrogens is 1. The molecule has 1 aromatic carbocycles. The average Bonchev–Trinajstić information content (AvgIpc) is 3.37. The second kappa shape index (κ2) is 7.21. The predicted molar refractivity (Wildman–Crippen MR) is 114 cm³/mol. The van der Waals surface area contributed by atoms with Crippen LogP contribution in [0.15, 0.2) is 54.9 Å². The Morgan fingerprint density at radius 3 is 2.77 bits per heavy atom. The van der Waals surface area contributed by atoms with Gasteiger partial charge in [-0.25, -0.2) is 13.9 Å². The van der Waals surface area contributed by atoms with Crippen LogP contribution in [0.5, 0.6) is 5.75 Å². The second-order valence-electron chi connectivity index (χ2n) is 7.06. The summed E-state index contributed by atoms with van der Waals surface area (Å²) in [5.41, 5.74) is 3.15. The molecule has 4 heterocycles. The molecule has 0 atom stereocenters. The third-order valence-corrected chi connectivity index (χ3v) is 5.03. The van der Waals surface area contributed by atoms with Crippen LogP contribution in [0, 0.1) is 12.7 Å². The van der Waals surface area contributed by atoms with Crippen LogP contribution in [0.3, 0.4) is 0 Å². The zero-order chi connectivity index (χ0) is 21.5. The first-order chi connectivity index (χ1) is 15.0. The molecule has 0 aliphatic rings. The maximum absolute atomic E-state index is 15.1. The highest BCUT2D eigenvalue weighted by Gasteiger charge is 2.19. The van der Waals surface area contributed by atoms with Crippen LogP contribution in [0.2, 0.25) is 0 Å². The summed E-state index contributed by atoms with van der Waals surface area (Å²) in [6.07, 6.45) is 3.27. The first-order valence-electron chi connectivity index (χ1n) is 9.48. The van der Waals surface area contributed by atoms with E-state index in [1.54, 1.807) is 48.3 Å². The monoisotopic (exact) mass is 416 g/mol. The standard InChI is InChI=1S/C22H17FN6O2/c1-12-3-5-13(6-4-12)22(30)26-21-15-10-17(23)19(25-20(15)27-28-21)16-11-24-29-8-7-14(31-2)9-18(16)29/h3-11H,1-2H3,(H2,25,26,27,28,30). The van der Waals surface area contributed by atoms with Gasteiger partial charge in [-0.15, -0.1) is 0 Å². The summed E-state index contributed by atoms with van der Waals surface area (Å²) in [7, 11) is 1.56. The lowest BCUT2D eigenvalue weighted by Gasteiger charge is -2.05. The van der Waals surface area contributed by atoms with Crippen molar-refractivity contribution in [3.63, 3.8) is 0 Å². The minimum absolute atomic E-state index is 0.121. The molecule has 1 amide bonds. The maximum atomic E-state index is 15.1. The zero-order valence-electron chi connectivity index (χ0n) is 16.7. The summed E-state index contributed by atoms with van der Waals surface area (Å²) < 4.78 is 21.9. The van der Waals surface area contributed by atoms with Gasteiger partial charge in [0.25, 0.3) is 5.91 Å². The highest BCUT2D eigenvalue weighted by atomic mass is 19.1. The number of fused-ring (bicyclic) bond motifs is 2. The van der Waals surface area contributed by atoms with Crippen LogP contribution in [-0.4, -0.2) is 37.8 Å². The number of anilines is 1. The van der Waals surface area contributed by atoms with Crippen LogP contribution in [0.1, 0.15) is 15.9 Å². The summed E-state index contributed by atoms with van der Waals surface area (Å²) in [5, 5.41) is 14.2. The number of nitrogens with zero attached hydrogens (tertiary/aromatic N) is 4. The fraction of sp³-hybridized carbons (Fsp3) is 0.0909. The lowest BCUT2D eigenvalue weighted by Crippen LogP contribution is -2.12. The zero-order valence-corrected chi connectivity index (χ0v) is 16.7. The predicted octanol–water partition coefficient (Wildman–Crippen LogP) is 3.98. The van der Waals surface area contributed by atoms with Gasteiger partial charge in [-0.3, -0.25) is 9.89 Å². The summed E-state index contributed by atoms with van der Waals surface area (Å²) in [6, 6.07) is 11.9. The largest absolute Gasteiger partial charge is 0.497 e. The van der Waals surface area contributed by atoms with E-state index in [2.05, 4.69) is 25.6 Å². The van der Waals surface area contributed by atoms with E-state index in [9.17, 15) is 4.79 Å². The number of pyridine rings is 2. The number of amides is 1. The van der Waals surface area contributed by atoms with E-state index in [0.29, 0.717) is 33.4 Å². The molecule has 31 heavy (non-hydrogen) atoms. The van der Waals surface area contributed by atoms with E-state index in [4.69, 9.17) is 4.74 Å². The molecule has 5 rings (SSSR count). The van der Waals surface area contributed by atoms with E-state index in [-0.39, 0.29) is 17.4 Å². The molecule has 0 unspecified atom stereocenters. The number of benzene rings is 1. The van der Waals surface area contributed by atoms with Gasteiger partial charge in [-0.1, -0.05) is 17.7 Å². The van der Waals surface area contributed by atoms with Crippen molar-refractivity contribution < 1.29 is 13.9 Å². The fourth-order valence-corrected chi connectivity index (χ4v) is 3.36. The molecular formula is C22H17FN6O2. The van der Waals surface area contributed by atoms with Crippen molar-refractivity contribution in [2.75, 3.05) is 12.4 Å². The minimum Gasteiger partial charge on any atom is -0.497 e. The van der Waals surface area contributed by atoms with Crippen molar-refractivity contribution in [2.45, 2.75) is 6.92 Å². The lowest BCUT2D eigenvalue weighted by molar-refractivity contribution is 0.102. The van der Waals surface area contributed by atoms with Crippen LogP contribution >= 0.6 is 0 Å². The molecule has 0 spiro atoms. The third-order valence-electron chi connectivity index (χ3n) is 5.03. The van der Waals surface area contributed by atoms with Crippen molar-refractivity contribution in [3.8, 4) is 17.0 Å². The van der Waals surface area contributed by atoms with Gasteiger partial charge >= 0.3 is 0 Å². The Morgan fingerprint density at radius 2 is 2.00 bits per heavy atom. The number of aromatic nitrogens is 5. The molecule has 0 fully saturated rings. The number of halogens is 1. The van der Waals surface area contributed by atoms with Gasteiger partial charge in [-0.05, 0) is 31.2 Å². The number of ether oxygens (including phenoxy) is 1. The highest BCUT2D eigenvalue weighted by molar-refractivity contribution is 6.07. The van der Waals surface area contributed by atoms with Gasteiger partial charge < -0.3 is 10.1 Å². The molecule has 5 aromatic rings. The van der Waals surface area contributed by atoms with Gasteiger partial charge in [0.15, 0.2) is 17.3 Å². The summed E-state index contributed by atoms with van der Waals surface area (Å²) in [4.78, 5) is 16.9. The number of aryl methyl sites for hydroxylation is 1. The molecule has 0 bridgehead atoms. The SMILES string of the molecule is COc1ccn2ncc(-c3nc4[nH]nc(NC(=O)c5ccc(C)cc5)c4cc3F)c2c1. The minimum atomic E-state index is -0.558. The number of carbonyl (C=O) groups is 1. The first-order valence-corrected chi connectivity index (χ1v) is 9.48. The first kappa shape index (κ1) is 18.7. The lowest BCUT2D eigenvalue weighted by atomic mass is 10.1. The van der Waals surface area contributed by atoms with Gasteiger partial charge in [0.05, 0.1) is 24.2 Å². The second-order valence-corrected chi connectivity index (χ2v) is 7.06. The smallest absolute Gasteiger partial charge is 0.256 e. The van der Waals surface area contributed by atoms with E-state index in [0.717, 1.165) is 5.56 Å². The van der Waals surface area contributed by atoms with Gasteiger partial charge in [0.1, 0.15) is 11.4 Å². The molecular weight excluding hydrogens is 399 g/mol. The van der Waals surface area contributed by atoms with Crippen LogP contribution in [0.25, 0.3) is 27.8 Å². The number of methoxy groups -OCH3 is 1. The van der Waals surface area contributed by atoms with E-state index in [1.807, 2.05) is 19.1 Å². The van der Waals surface area contributed by atoms with Crippen molar-refractivity contribution in [2.24, 2.45) is 0 Å². The molecule has 8 nitrogen and oxygen atoms in total. The number of rotatable bonds is 4. The van der Waals surface area contributed by atoms with Crippen LogP contribution < -0.4 is 10.1 Å². The van der Waals surface area contributed by atoms with Crippen molar-refractivity contribution in [1.29, 1.82) is 0 Å². The Hall–Kier alpha value is -4.27. The van der Waals surface area contributed by atoms with Crippen molar-refractivity contribution in [3.05, 3.63) is 71.8 Å².